The molecule has 0 aromatic heterocycles. The van der Waals surface area contributed by atoms with Crippen molar-refractivity contribution in [3.8, 4) is 5.75 Å². The van der Waals surface area contributed by atoms with E-state index in [0.717, 1.165) is 18.7 Å². The van der Waals surface area contributed by atoms with E-state index >= 15 is 0 Å². The molecule has 0 aliphatic carbocycles. The van der Waals surface area contributed by atoms with Crippen LogP contribution in [0.2, 0.25) is 0 Å². The number of aliphatic hydroxyl groups excluding tert-OH is 1. The van der Waals surface area contributed by atoms with Crippen molar-refractivity contribution in [1.82, 2.24) is 0 Å². The number of hydrogen-bond acceptors (Lipinski definition) is 3. The van der Waals surface area contributed by atoms with Crippen molar-refractivity contribution in [2.45, 2.75) is 25.4 Å². The molecule has 0 saturated heterocycles. The van der Waals surface area contributed by atoms with Crippen LogP contribution in [0.1, 0.15) is 24.8 Å². The highest BCUT2D eigenvalue weighted by Gasteiger charge is 2.23. The number of fused-ring (bicyclic) bond motifs is 1. The van der Waals surface area contributed by atoms with E-state index in [1.54, 1.807) is 7.11 Å². The molecule has 2 unspecified atom stereocenters. The van der Waals surface area contributed by atoms with Crippen LogP contribution in [0, 0.1) is 0 Å². The fraction of sp³-hybridized carbons (Fsp3) is 0.500. The molecule has 1 heterocycles. The number of aliphatic hydroxyl groups is 1. The van der Waals surface area contributed by atoms with Crippen molar-refractivity contribution >= 4 is 5.69 Å². The Bertz CT molecular complexity index is 349. The van der Waals surface area contributed by atoms with Gasteiger partial charge in [0, 0.05) is 18.2 Å². The largest absolute Gasteiger partial charge is 0.497 e. The van der Waals surface area contributed by atoms with E-state index in [-0.39, 0.29) is 6.10 Å². The Morgan fingerprint density at radius 2 is 2.40 bits per heavy atom. The molecule has 0 bridgehead atoms. The van der Waals surface area contributed by atoms with Gasteiger partial charge < -0.3 is 15.2 Å². The maximum absolute atomic E-state index is 9.41. The molecule has 82 valence electrons. The predicted molar refractivity (Wildman–Crippen MR) is 60.5 cm³/mol. The third kappa shape index (κ3) is 2.07. The van der Waals surface area contributed by atoms with Crippen LogP contribution in [0.25, 0.3) is 0 Å². The number of ether oxygens (including phenoxy) is 1. The van der Waals surface area contributed by atoms with E-state index in [1.807, 2.05) is 19.1 Å². The van der Waals surface area contributed by atoms with Crippen LogP contribution in [0.5, 0.6) is 5.75 Å². The molecule has 0 amide bonds. The van der Waals surface area contributed by atoms with E-state index in [9.17, 15) is 5.11 Å². The van der Waals surface area contributed by atoms with Crippen LogP contribution in [0.15, 0.2) is 18.2 Å². The molecule has 15 heavy (non-hydrogen) atoms. The third-order valence-corrected chi connectivity index (χ3v) is 2.86. The number of hydrogen-bond donors (Lipinski definition) is 2. The second-order valence-corrected chi connectivity index (χ2v) is 4.12. The highest BCUT2D eigenvalue weighted by atomic mass is 16.5. The first-order chi connectivity index (χ1) is 7.20. The lowest BCUT2D eigenvalue weighted by atomic mass is 9.95. The minimum absolute atomic E-state index is 0.256. The summed E-state index contributed by atoms with van der Waals surface area (Å²) in [4.78, 5) is 0. The predicted octanol–water partition coefficient (Wildman–Crippen LogP) is 1.98. The first kappa shape index (κ1) is 10.3. The summed E-state index contributed by atoms with van der Waals surface area (Å²) in [5.74, 6) is 1.28. The van der Waals surface area contributed by atoms with Crippen LogP contribution >= 0.6 is 0 Å². The maximum Gasteiger partial charge on any atom is 0.119 e. The van der Waals surface area contributed by atoms with Crippen LogP contribution in [0.3, 0.4) is 0 Å². The fourth-order valence-electron chi connectivity index (χ4n) is 2.13. The SMILES string of the molecule is COc1ccc2c(c1)C(CC(C)O)CN2. The standard InChI is InChI=1S/C12H17NO2/c1-8(14)5-9-7-13-12-4-3-10(15-2)6-11(9)12/h3-4,6,8-9,13-14H,5,7H2,1-2H3. The molecule has 3 heteroatoms. The van der Waals surface area contributed by atoms with Gasteiger partial charge in [-0.1, -0.05) is 0 Å². The smallest absolute Gasteiger partial charge is 0.119 e. The number of methoxy groups -OCH3 is 1. The zero-order valence-corrected chi connectivity index (χ0v) is 9.16. The first-order valence-electron chi connectivity index (χ1n) is 5.30. The van der Waals surface area contributed by atoms with E-state index in [2.05, 4.69) is 11.4 Å². The van der Waals surface area contributed by atoms with Crippen LogP contribution < -0.4 is 10.1 Å². The molecule has 1 aromatic rings. The first-order valence-corrected chi connectivity index (χ1v) is 5.30. The van der Waals surface area contributed by atoms with Gasteiger partial charge in [-0.15, -0.1) is 0 Å². The van der Waals surface area contributed by atoms with Gasteiger partial charge >= 0.3 is 0 Å². The summed E-state index contributed by atoms with van der Waals surface area (Å²) in [6.45, 7) is 2.74. The minimum atomic E-state index is -0.256. The molecule has 1 aromatic carbocycles. The molecule has 0 saturated carbocycles. The summed E-state index contributed by atoms with van der Waals surface area (Å²) >= 11 is 0. The van der Waals surface area contributed by atoms with Crippen molar-refractivity contribution in [2.24, 2.45) is 0 Å². The Hall–Kier alpha value is -1.22. The summed E-state index contributed by atoms with van der Waals surface area (Å²) in [7, 11) is 1.67. The van der Waals surface area contributed by atoms with E-state index < -0.39 is 0 Å². The summed E-state index contributed by atoms with van der Waals surface area (Å²) < 4.78 is 5.20. The van der Waals surface area contributed by atoms with Gasteiger partial charge in [0.25, 0.3) is 0 Å². The third-order valence-electron chi connectivity index (χ3n) is 2.86. The van der Waals surface area contributed by atoms with Gasteiger partial charge in [-0.3, -0.25) is 0 Å². The normalized spacial score (nSPS) is 20.6. The molecular weight excluding hydrogens is 190 g/mol. The van der Waals surface area contributed by atoms with E-state index in [0.29, 0.717) is 5.92 Å². The van der Waals surface area contributed by atoms with Crippen molar-refractivity contribution in [3.63, 3.8) is 0 Å². The molecule has 0 radical (unpaired) electrons. The zero-order valence-electron chi connectivity index (χ0n) is 9.16. The Balaban J connectivity index is 2.23. The van der Waals surface area contributed by atoms with Gasteiger partial charge in [-0.2, -0.15) is 0 Å². The summed E-state index contributed by atoms with van der Waals surface area (Å²) in [5.41, 5.74) is 2.43. The zero-order chi connectivity index (χ0) is 10.8. The average molecular weight is 207 g/mol. The van der Waals surface area contributed by atoms with E-state index in [4.69, 9.17) is 4.74 Å². The Morgan fingerprint density at radius 3 is 3.07 bits per heavy atom. The highest BCUT2D eigenvalue weighted by Crippen LogP contribution is 2.36. The Morgan fingerprint density at radius 1 is 1.60 bits per heavy atom. The molecule has 0 spiro atoms. The number of nitrogens with one attached hydrogen (secondary N) is 1. The maximum atomic E-state index is 9.41. The van der Waals surface area contributed by atoms with Crippen molar-refractivity contribution < 1.29 is 9.84 Å². The molecule has 0 fully saturated rings. The second-order valence-electron chi connectivity index (χ2n) is 4.12. The van der Waals surface area contributed by atoms with Crippen molar-refractivity contribution in [2.75, 3.05) is 19.0 Å². The highest BCUT2D eigenvalue weighted by molar-refractivity contribution is 5.60. The fourth-order valence-corrected chi connectivity index (χ4v) is 2.13. The second kappa shape index (κ2) is 4.11. The van der Waals surface area contributed by atoms with Gasteiger partial charge in [0.1, 0.15) is 5.75 Å². The van der Waals surface area contributed by atoms with Gasteiger partial charge in [0.15, 0.2) is 0 Å². The lowest BCUT2D eigenvalue weighted by molar-refractivity contribution is 0.176. The van der Waals surface area contributed by atoms with Gasteiger partial charge in [0.05, 0.1) is 13.2 Å². The topological polar surface area (TPSA) is 41.5 Å². The van der Waals surface area contributed by atoms with Crippen LogP contribution in [-0.2, 0) is 0 Å². The summed E-state index contributed by atoms with van der Waals surface area (Å²) in [6, 6.07) is 6.05. The van der Waals surface area contributed by atoms with Crippen LogP contribution in [-0.4, -0.2) is 24.9 Å². The van der Waals surface area contributed by atoms with Crippen LogP contribution in [0.4, 0.5) is 5.69 Å². The molecule has 2 rings (SSSR count). The lowest BCUT2D eigenvalue weighted by Crippen LogP contribution is -2.10. The van der Waals surface area contributed by atoms with Gasteiger partial charge in [-0.25, -0.2) is 0 Å². The minimum Gasteiger partial charge on any atom is -0.497 e. The van der Waals surface area contributed by atoms with Crippen molar-refractivity contribution in [3.05, 3.63) is 23.8 Å². The van der Waals surface area contributed by atoms with E-state index in [1.165, 1.54) is 11.3 Å². The monoisotopic (exact) mass is 207 g/mol. The number of benzene rings is 1. The van der Waals surface area contributed by atoms with Gasteiger partial charge in [0.2, 0.25) is 0 Å². The summed E-state index contributed by atoms with van der Waals surface area (Å²) in [6.07, 6.45) is 0.543. The lowest BCUT2D eigenvalue weighted by Gasteiger charge is -2.12. The quantitative estimate of drug-likeness (QED) is 0.796. The Labute approximate surface area is 90.1 Å². The molecular formula is C12H17NO2. The van der Waals surface area contributed by atoms with Gasteiger partial charge in [-0.05, 0) is 37.1 Å². The average Bonchev–Trinajstić information content (AvgIpc) is 2.60. The molecule has 1 aliphatic heterocycles. The molecule has 2 atom stereocenters. The molecule has 3 nitrogen and oxygen atoms in total. The number of rotatable bonds is 3. The Kier molecular flexibility index (Phi) is 2.82. The number of anilines is 1. The molecule has 2 N–H and O–H groups in total. The molecule has 1 aliphatic rings. The van der Waals surface area contributed by atoms with Crippen molar-refractivity contribution in [1.29, 1.82) is 0 Å². The summed E-state index contributed by atoms with van der Waals surface area (Å²) in [5, 5.41) is 12.7.